The van der Waals surface area contributed by atoms with Gasteiger partial charge in [-0.15, -0.1) is 21.5 Å². The van der Waals surface area contributed by atoms with Gasteiger partial charge in [0.05, 0.1) is 23.7 Å². The fourth-order valence-corrected chi connectivity index (χ4v) is 4.17. The number of Topliss-reactive ketones (excluding diaryl/α,β-unsaturated/α-hetero) is 1. The summed E-state index contributed by atoms with van der Waals surface area (Å²) in [5, 5.41) is 11.2. The summed E-state index contributed by atoms with van der Waals surface area (Å²) >= 11 is 2.65. The zero-order valence-corrected chi connectivity index (χ0v) is 15.6. The number of carbonyl (C=O) groups is 2. The van der Waals surface area contributed by atoms with Crippen molar-refractivity contribution in [1.82, 2.24) is 20.4 Å². The highest BCUT2D eigenvalue weighted by Crippen LogP contribution is 2.22. The maximum Gasteiger partial charge on any atom is 0.277 e. The Kier molecular flexibility index (Phi) is 6.22. The molecule has 2 aromatic rings. The van der Waals surface area contributed by atoms with Crippen molar-refractivity contribution < 1.29 is 14.0 Å². The van der Waals surface area contributed by atoms with Crippen LogP contribution in [0, 0.1) is 0 Å². The molecule has 1 N–H and O–H groups in total. The molecule has 3 heterocycles. The minimum atomic E-state index is -0.0852. The first-order valence-electron chi connectivity index (χ1n) is 8.14. The molecule has 0 atom stereocenters. The summed E-state index contributed by atoms with van der Waals surface area (Å²) < 4.78 is 5.60. The second-order valence-corrected chi connectivity index (χ2v) is 7.93. The summed E-state index contributed by atoms with van der Waals surface area (Å²) in [6, 6.07) is 3.65. The van der Waals surface area contributed by atoms with Crippen LogP contribution in [0.1, 0.15) is 40.2 Å². The Bertz CT molecular complexity index is 737. The van der Waals surface area contributed by atoms with Crippen LogP contribution in [0.4, 0.5) is 0 Å². The second kappa shape index (κ2) is 8.59. The lowest BCUT2D eigenvalue weighted by Crippen LogP contribution is -2.18. The van der Waals surface area contributed by atoms with Gasteiger partial charge >= 0.3 is 0 Å². The lowest BCUT2D eigenvalue weighted by molar-refractivity contribution is -0.119. The van der Waals surface area contributed by atoms with E-state index in [4.69, 9.17) is 4.42 Å². The van der Waals surface area contributed by atoms with Gasteiger partial charge < -0.3 is 9.73 Å². The van der Waals surface area contributed by atoms with E-state index in [1.165, 1.54) is 42.9 Å². The van der Waals surface area contributed by atoms with E-state index in [-0.39, 0.29) is 17.4 Å². The summed E-state index contributed by atoms with van der Waals surface area (Å²) in [6.45, 7) is 4.74. The molecule has 1 amide bonds. The molecule has 1 fully saturated rings. The van der Waals surface area contributed by atoms with Crippen LogP contribution >= 0.6 is 23.1 Å². The number of nitrogens with one attached hydrogen (secondary N) is 1. The molecule has 0 saturated carbocycles. The number of rotatable bonds is 8. The van der Waals surface area contributed by atoms with E-state index in [1.807, 2.05) is 6.07 Å². The number of carbonyl (C=O) groups excluding carboxylic acids is 2. The van der Waals surface area contributed by atoms with E-state index in [0.717, 1.165) is 18.0 Å². The first-order valence-corrected chi connectivity index (χ1v) is 9.94. The van der Waals surface area contributed by atoms with Crippen molar-refractivity contribution in [3.8, 4) is 0 Å². The zero-order valence-electron chi connectivity index (χ0n) is 14.0. The molecule has 0 aromatic carbocycles. The molecule has 3 rings (SSSR count). The average molecular weight is 380 g/mol. The minimum absolute atomic E-state index is 0.0170. The lowest BCUT2D eigenvalue weighted by Gasteiger charge is -2.10. The number of aromatic nitrogens is 2. The first-order chi connectivity index (χ1) is 12.1. The average Bonchev–Trinajstić information content (AvgIpc) is 3.33. The van der Waals surface area contributed by atoms with Crippen molar-refractivity contribution in [3.05, 3.63) is 27.8 Å². The molecule has 0 aliphatic carbocycles. The van der Waals surface area contributed by atoms with Crippen LogP contribution in [0.2, 0.25) is 0 Å². The van der Waals surface area contributed by atoms with Gasteiger partial charge in [0.15, 0.2) is 5.78 Å². The van der Waals surface area contributed by atoms with Gasteiger partial charge in [-0.25, -0.2) is 0 Å². The van der Waals surface area contributed by atoms with Gasteiger partial charge in [-0.1, -0.05) is 11.8 Å². The maximum atomic E-state index is 12.3. The third kappa shape index (κ3) is 5.38. The molecule has 0 spiro atoms. The number of hydrogen-bond donors (Lipinski definition) is 1. The Balaban J connectivity index is 1.47. The van der Waals surface area contributed by atoms with E-state index in [9.17, 15) is 9.59 Å². The second-order valence-electron chi connectivity index (χ2n) is 5.83. The summed E-state index contributed by atoms with van der Waals surface area (Å²) in [7, 11) is 0. The van der Waals surface area contributed by atoms with Crippen LogP contribution < -0.4 is 5.32 Å². The van der Waals surface area contributed by atoms with Crippen molar-refractivity contribution in [2.75, 3.05) is 18.8 Å². The summed E-state index contributed by atoms with van der Waals surface area (Å²) in [5.41, 5.74) is 0. The predicted molar refractivity (Wildman–Crippen MR) is 95.7 cm³/mol. The van der Waals surface area contributed by atoms with Crippen LogP contribution in [0.5, 0.6) is 0 Å². The molecule has 0 unspecified atom stereocenters. The fraction of sp³-hybridized carbons (Fsp3) is 0.500. The van der Waals surface area contributed by atoms with Crippen LogP contribution in [0.25, 0.3) is 0 Å². The highest BCUT2D eigenvalue weighted by Gasteiger charge is 2.17. The number of amides is 1. The molecule has 1 aliphatic heterocycles. The number of thioether (sulfide) groups is 1. The van der Waals surface area contributed by atoms with Crippen LogP contribution in [-0.4, -0.2) is 45.6 Å². The molecule has 25 heavy (non-hydrogen) atoms. The molecule has 9 heteroatoms. The Morgan fingerprint density at radius 3 is 2.88 bits per heavy atom. The smallest absolute Gasteiger partial charge is 0.277 e. The van der Waals surface area contributed by atoms with Crippen molar-refractivity contribution in [3.63, 3.8) is 0 Å². The first kappa shape index (κ1) is 18.1. The van der Waals surface area contributed by atoms with Crippen molar-refractivity contribution >= 4 is 34.8 Å². The maximum absolute atomic E-state index is 12.3. The van der Waals surface area contributed by atoms with Gasteiger partial charge in [0, 0.05) is 11.8 Å². The van der Waals surface area contributed by atoms with E-state index < -0.39 is 0 Å². The van der Waals surface area contributed by atoms with Crippen LogP contribution in [0.15, 0.2) is 21.8 Å². The number of ketones is 1. The molecule has 1 aliphatic rings. The molecule has 2 aromatic heterocycles. The van der Waals surface area contributed by atoms with Gasteiger partial charge in [-0.2, -0.15) is 0 Å². The van der Waals surface area contributed by atoms with Crippen LogP contribution in [0.3, 0.4) is 0 Å². The van der Waals surface area contributed by atoms with E-state index >= 15 is 0 Å². The van der Waals surface area contributed by atoms with Gasteiger partial charge in [0.25, 0.3) is 5.22 Å². The van der Waals surface area contributed by atoms with E-state index in [2.05, 4.69) is 20.4 Å². The SMILES string of the molecule is CC(=O)NCc1ccc(C(=O)CSc2nnc(CN3CCCC3)o2)s1. The molecule has 1 saturated heterocycles. The Morgan fingerprint density at radius 1 is 1.32 bits per heavy atom. The number of thiophene rings is 1. The molecule has 7 nitrogen and oxygen atoms in total. The van der Waals surface area contributed by atoms with Crippen LogP contribution in [-0.2, 0) is 17.9 Å². The standard InChI is InChI=1S/C16H20N4O3S2/c1-11(21)17-8-12-4-5-14(25-12)13(22)10-24-16-19-18-15(23-16)9-20-6-2-3-7-20/h4-5H,2-3,6-10H2,1H3,(H,17,21). The highest BCUT2D eigenvalue weighted by molar-refractivity contribution is 7.99. The summed E-state index contributed by atoms with van der Waals surface area (Å²) in [5.74, 6) is 0.790. The third-order valence-electron chi connectivity index (χ3n) is 3.78. The van der Waals surface area contributed by atoms with E-state index in [1.54, 1.807) is 6.07 Å². The van der Waals surface area contributed by atoms with Gasteiger partial charge in [-0.05, 0) is 38.1 Å². The predicted octanol–water partition coefficient (Wildman–Crippen LogP) is 2.34. The quantitative estimate of drug-likeness (QED) is 0.555. The zero-order chi connectivity index (χ0) is 17.6. The number of likely N-dealkylation sites (tertiary alicyclic amines) is 1. The number of hydrogen-bond acceptors (Lipinski definition) is 8. The largest absolute Gasteiger partial charge is 0.415 e. The molecule has 0 bridgehead atoms. The van der Waals surface area contributed by atoms with Gasteiger partial charge in [-0.3, -0.25) is 14.5 Å². The lowest BCUT2D eigenvalue weighted by atomic mass is 10.3. The Hall–Kier alpha value is -1.71. The monoisotopic (exact) mass is 380 g/mol. The van der Waals surface area contributed by atoms with Gasteiger partial charge in [0.1, 0.15) is 0 Å². The minimum Gasteiger partial charge on any atom is -0.415 e. The molecule has 134 valence electrons. The Labute approximate surface area is 154 Å². The van der Waals surface area contributed by atoms with Crippen molar-refractivity contribution in [1.29, 1.82) is 0 Å². The highest BCUT2D eigenvalue weighted by atomic mass is 32.2. The normalized spacial score (nSPS) is 14.8. The molecule has 0 radical (unpaired) electrons. The number of nitrogens with zero attached hydrogens (tertiary/aromatic N) is 3. The third-order valence-corrected chi connectivity index (χ3v) is 5.73. The topological polar surface area (TPSA) is 88.3 Å². The van der Waals surface area contributed by atoms with Gasteiger partial charge in [0.2, 0.25) is 11.8 Å². The molecular formula is C16H20N4O3S2. The Morgan fingerprint density at radius 2 is 2.12 bits per heavy atom. The fourth-order valence-electron chi connectivity index (χ4n) is 2.53. The van der Waals surface area contributed by atoms with Crippen molar-refractivity contribution in [2.45, 2.75) is 38.1 Å². The summed E-state index contributed by atoms with van der Waals surface area (Å²) in [6.07, 6.45) is 2.43. The summed E-state index contributed by atoms with van der Waals surface area (Å²) in [4.78, 5) is 27.1. The van der Waals surface area contributed by atoms with Crippen molar-refractivity contribution in [2.24, 2.45) is 0 Å². The van der Waals surface area contributed by atoms with E-state index in [0.29, 0.717) is 29.1 Å². The molecular weight excluding hydrogens is 360 g/mol.